The zero-order valence-electron chi connectivity index (χ0n) is 7.17. The first-order valence-electron chi connectivity index (χ1n) is 4.73. The van der Waals surface area contributed by atoms with Gasteiger partial charge in [0.05, 0.1) is 18.6 Å². The van der Waals surface area contributed by atoms with Gasteiger partial charge < -0.3 is 9.47 Å². The first-order chi connectivity index (χ1) is 5.90. The van der Waals surface area contributed by atoms with Gasteiger partial charge in [0, 0.05) is 5.92 Å². The number of alkyl halides is 1. The largest absolute Gasteiger partial charge is 0.350 e. The number of halogens is 1. The van der Waals surface area contributed by atoms with Gasteiger partial charge in [0.25, 0.3) is 0 Å². The molecule has 2 unspecified atom stereocenters. The van der Waals surface area contributed by atoms with E-state index in [-0.39, 0.29) is 12.4 Å². The second-order valence-electron chi connectivity index (χ2n) is 3.66. The Bertz CT molecular complexity index is 145. The second kappa shape index (κ2) is 3.95. The lowest BCUT2D eigenvalue weighted by Crippen LogP contribution is -2.20. The highest BCUT2D eigenvalue weighted by atomic mass is 35.5. The molecular weight excluding hydrogens is 176 g/mol. The van der Waals surface area contributed by atoms with E-state index < -0.39 is 0 Å². The van der Waals surface area contributed by atoms with E-state index in [2.05, 4.69) is 0 Å². The fourth-order valence-corrected chi connectivity index (χ4v) is 2.19. The highest BCUT2D eigenvalue weighted by Gasteiger charge is 2.33. The van der Waals surface area contributed by atoms with Crippen molar-refractivity contribution in [2.75, 3.05) is 12.5 Å². The van der Waals surface area contributed by atoms with Gasteiger partial charge in [-0.15, -0.1) is 11.6 Å². The highest BCUT2D eigenvalue weighted by molar-refractivity contribution is 6.18. The first kappa shape index (κ1) is 8.79. The standard InChI is InChI=1S/C9H15ClO2/c10-5-8-6-11-9(12-8)7-3-1-2-4-7/h7-9H,1-6H2. The van der Waals surface area contributed by atoms with Crippen LogP contribution in [0.4, 0.5) is 0 Å². The van der Waals surface area contributed by atoms with Crippen molar-refractivity contribution in [3.8, 4) is 0 Å². The Balaban J connectivity index is 1.81. The van der Waals surface area contributed by atoms with Crippen molar-refractivity contribution in [2.45, 2.75) is 38.1 Å². The van der Waals surface area contributed by atoms with Gasteiger partial charge in [-0.3, -0.25) is 0 Å². The van der Waals surface area contributed by atoms with Crippen LogP contribution < -0.4 is 0 Å². The summed E-state index contributed by atoms with van der Waals surface area (Å²) >= 11 is 5.67. The molecule has 0 radical (unpaired) electrons. The lowest BCUT2D eigenvalue weighted by molar-refractivity contribution is -0.0917. The van der Waals surface area contributed by atoms with Crippen molar-refractivity contribution in [3.05, 3.63) is 0 Å². The smallest absolute Gasteiger partial charge is 0.161 e. The van der Waals surface area contributed by atoms with Crippen LogP contribution in [0.2, 0.25) is 0 Å². The quantitative estimate of drug-likeness (QED) is 0.622. The topological polar surface area (TPSA) is 18.5 Å². The van der Waals surface area contributed by atoms with Crippen molar-refractivity contribution in [1.82, 2.24) is 0 Å². The molecule has 2 nitrogen and oxygen atoms in total. The van der Waals surface area contributed by atoms with Gasteiger partial charge in [-0.25, -0.2) is 0 Å². The molecule has 0 N–H and O–H groups in total. The molecule has 3 heteroatoms. The number of hydrogen-bond acceptors (Lipinski definition) is 2. The third-order valence-corrected chi connectivity index (χ3v) is 3.07. The average molecular weight is 191 g/mol. The Morgan fingerprint density at radius 3 is 2.58 bits per heavy atom. The predicted octanol–water partition coefficient (Wildman–Crippen LogP) is 2.16. The van der Waals surface area contributed by atoms with Crippen LogP contribution in [0.1, 0.15) is 25.7 Å². The van der Waals surface area contributed by atoms with Gasteiger partial charge in [-0.1, -0.05) is 12.8 Å². The van der Waals surface area contributed by atoms with Crippen LogP contribution in [-0.4, -0.2) is 24.9 Å². The van der Waals surface area contributed by atoms with E-state index in [0.717, 1.165) is 0 Å². The zero-order valence-corrected chi connectivity index (χ0v) is 7.93. The summed E-state index contributed by atoms with van der Waals surface area (Å²) in [4.78, 5) is 0. The summed E-state index contributed by atoms with van der Waals surface area (Å²) in [5.74, 6) is 1.20. The van der Waals surface area contributed by atoms with Crippen LogP contribution in [-0.2, 0) is 9.47 Å². The molecule has 0 aromatic heterocycles. The first-order valence-corrected chi connectivity index (χ1v) is 5.26. The molecule has 12 heavy (non-hydrogen) atoms. The number of ether oxygens (including phenoxy) is 2. The normalized spacial score (nSPS) is 37.8. The minimum absolute atomic E-state index is 0.0521. The van der Waals surface area contributed by atoms with Gasteiger partial charge >= 0.3 is 0 Å². The van der Waals surface area contributed by atoms with Crippen LogP contribution in [0.15, 0.2) is 0 Å². The van der Waals surface area contributed by atoms with Crippen LogP contribution in [0.25, 0.3) is 0 Å². The Morgan fingerprint density at radius 2 is 2.00 bits per heavy atom. The van der Waals surface area contributed by atoms with Gasteiger partial charge in [-0.2, -0.15) is 0 Å². The van der Waals surface area contributed by atoms with E-state index >= 15 is 0 Å². The SMILES string of the molecule is ClCC1COC(C2CCCC2)O1. The molecule has 2 aliphatic rings. The van der Waals surface area contributed by atoms with E-state index in [1.54, 1.807) is 0 Å². The Labute approximate surface area is 78.2 Å². The van der Waals surface area contributed by atoms with Crippen LogP contribution >= 0.6 is 11.6 Å². The van der Waals surface area contributed by atoms with Crippen LogP contribution in [0, 0.1) is 5.92 Å². The summed E-state index contributed by atoms with van der Waals surface area (Å²) < 4.78 is 11.2. The average Bonchev–Trinajstić information content (AvgIpc) is 2.75. The third-order valence-electron chi connectivity index (χ3n) is 2.73. The van der Waals surface area contributed by atoms with Crippen molar-refractivity contribution >= 4 is 11.6 Å². The fourth-order valence-electron chi connectivity index (χ4n) is 2.03. The molecule has 1 saturated carbocycles. The molecule has 2 atom stereocenters. The van der Waals surface area contributed by atoms with Crippen LogP contribution in [0.5, 0.6) is 0 Å². The van der Waals surface area contributed by atoms with Crippen molar-refractivity contribution < 1.29 is 9.47 Å². The molecule has 1 aliphatic carbocycles. The lowest BCUT2D eigenvalue weighted by atomic mass is 10.1. The summed E-state index contributed by atoms with van der Waals surface area (Å²) in [5.41, 5.74) is 0. The van der Waals surface area contributed by atoms with E-state index in [9.17, 15) is 0 Å². The summed E-state index contributed by atoms with van der Waals surface area (Å²) in [6.07, 6.45) is 5.38. The van der Waals surface area contributed by atoms with Gasteiger partial charge in [-0.05, 0) is 12.8 Å². The van der Waals surface area contributed by atoms with Crippen LogP contribution in [0.3, 0.4) is 0 Å². The minimum Gasteiger partial charge on any atom is -0.350 e. The van der Waals surface area contributed by atoms with Gasteiger partial charge in [0.15, 0.2) is 6.29 Å². The number of hydrogen-bond donors (Lipinski definition) is 0. The predicted molar refractivity (Wildman–Crippen MR) is 47.3 cm³/mol. The van der Waals surface area contributed by atoms with Gasteiger partial charge in [0.1, 0.15) is 0 Å². The third kappa shape index (κ3) is 1.76. The van der Waals surface area contributed by atoms with E-state index in [1.165, 1.54) is 25.7 Å². The molecule has 1 saturated heterocycles. The van der Waals surface area contributed by atoms with E-state index in [1.807, 2.05) is 0 Å². The molecule has 2 fully saturated rings. The lowest BCUT2D eigenvalue weighted by Gasteiger charge is -2.16. The molecule has 2 rings (SSSR count). The number of rotatable bonds is 2. The maximum atomic E-state index is 5.67. The molecule has 0 spiro atoms. The van der Waals surface area contributed by atoms with Crippen molar-refractivity contribution in [2.24, 2.45) is 5.92 Å². The maximum absolute atomic E-state index is 5.67. The maximum Gasteiger partial charge on any atom is 0.161 e. The summed E-state index contributed by atoms with van der Waals surface area (Å²) in [6.45, 7) is 0.685. The second-order valence-corrected chi connectivity index (χ2v) is 3.97. The molecule has 1 heterocycles. The Morgan fingerprint density at radius 1 is 1.25 bits per heavy atom. The monoisotopic (exact) mass is 190 g/mol. The zero-order chi connectivity index (χ0) is 8.39. The molecule has 0 aromatic rings. The molecule has 0 amide bonds. The minimum atomic E-state index is 0.0521. The Kier molecular flexibility index (Phi) is 2.89. The fraction of sp³-hybridized carbons (Fsp3) is 1.00. The summed E-state index contributed by atoms with van der Waals surface area (Å²) in [5, 5.41) is 0. The molecule has 70 valence electrons. The molecule has 0 aromatic carbocycles. The van der Waals surface area contributed by atoms with E-state index in [4.69, 9.17) is 21.1 Å². The highest BCUT2D eigenvalue weighted by Crippen LogP contribution is 2.32. The summed E-state index contributed by atoms with van der Waals surface area (Å²) in [6, 6.07) is 0. The molecule has 0 bridgehead atoms. The van der Waals surface area contributed by atoms with E-state index in [0.29, 0.717) is 18.4 Å². The molecular formula is C9H15ClO2. The van der Waals surface area contributed by atoms with Crippen molar-refractivity contribution in [1.29, 1.82) is 0 Å². The molecule has 1 aliphatic heterocycles. The van der Waals surface area contributed by atoms with Crippen molar-refractivity contribution in [3.63, 3.8) is 0 Å². The summed E-state index contributed by atoms with van der Waals surface area (Å²) in [7, 11) is 0. The van der Waals surface area contributed by atoms with Gasteiger partial charge in [0.2, 0.25) is 0 Å². The Hall–Kier alpha value is 0.210.